The molecule has 0 saturated carbocycles. The number of carbonyl (C=O) groups is 2. The number of hydrogen-bond donors (Lipinski definition) is 1. The van der Waals surface area contributed by atoms with Crippen LogP contribution in [0.1, 0.15) is 42.0 Å². The number of nitrogens with one attached hydrogen (secondary N) is 1. The number of rotatable bonds is 2. The maximum Gasteiger partial charge on any atom is 0.317 e. The van der Waals surface area contributed by atoms with Gasteiger partial charge >= 0.3 is 6.03 Å². The zero-order valence-electron chi connectivity index (χ0n) is 14.8. The second kappa shape index (κ2) is 7.06. The van der Waals surface area contributed by atoms with Crippen molar-refractivity contribution >= 4 is 11.9 Å². The van der Waals surface area contributed by atoms with Crippen LogP contribution in [0, 0.1) is 13.8 Å². The van der Waals surface area contributed by atoms with Gasteiger partial charge in [-0.15, -0.1) is 0 Å². The van der Waals surface area contributed by atoms with Crippen LogP contribution in [0.4, 0.5) is 4.79 Å². The van der Waals surface area contributed by atoms with E-state index in [0.29, 0.717) is 26.2 Å². The Morgan fingerprint density at radius 1 is 1.09 bits per heavy atom. The predicted molar refractivity (Wildman–Crippen MR) is 90.6 cm³/mol. The number of hydrogen-bond acceptors (Lipinski definition) is 2. The first-order chi connectivity index (χ1) is 10.8. The molecular weight excluding hydrogens is 292 g/mol. The second-order valence-corrected chi connectivity index (χ2v) is 6.58. The van der Waals surface area contributed by atoms with Crippen LogP contribution in [-0.4, -0.2) is 58.5 Å². The Morgan fingerprint density at radius 3 is 2.26 bits per heavy atom. The van der Waals surface area contributed by atoms with Gasteiger partial charge in [0.1, 0.15) is 0 Å². The number of aromatic nitrogens is 1. The van der Waals surface area contributed by atoms with Crippen LogP contribution in [0.25, 0.3) is 0 Å². The Balaban J connectivity index is 2.04. The van der Waals surface area contributed by atoms with Crippen LogP contribution in [-0.2, 0) is 7.05 Å². The van der Waals surface area contributed by atoms with E-state index >= 15 is 0 Å². The topological polar surface area (TPSA) is 57.6 Å². The molecule has 6 heteroatoms. The van der Waals surface area contributed by atoms with Gasteiger partial charge in [0.05, 0.1) is 5.56 Å². The first-order valence-electron chi connectivity index (χ1n) is 8.29. The van der Waals surface area contributed by atoms with Crippen molar-refractivity contribution in [3.05, 3.63) is 23.0 Å². The van der Waals surface area contributed by atoms with Gasteiger partial charge in [-0.1, -0.05) is 0 Å². The predicted octanol–water partition coefficient (Wildman–Crippen LogP) is 1.91. The standard InChI is InChI=1S/C17H28N4O2/c1-12(2)18-17(23)21-8-6-7-20(9-10-21)16(22)15-11-13(3)19(5)14(15)4/h11-12H,6-10H2,1-5H3,(H,18,23). The fraction of sp³-hybridized carbons (Fsp3) is 0.647. The summed E-state index contributed by atoms with van der Waals surface area (Å²) in [5, 5.41) is 2.92. The molecule has 1 aromatic rings. The van der Waals surface area contributed by atoms with Gasteiger partial charge in [0.25, 0.3) is 5.91 Å². The van der Waals surface area contributed by atoms with Gasteiger partial charge in [0.15, 0.2) is 0 Å². The molecule has 3 amide bonds. The Labute approximate surface area is 138 Å². The smallest absolute Gasteiger partial charge is 0.317 e. The lowest BCUT2D eigenvalue weighted by molar-refractivity contribution is 0.0761. The zero-order chi connectivity index (χ0) is 17.1. The number of nitrogens with zero attached hydrogens (tertiary/aromatic N) is 3. The number of carbonyl (C=O) groups excluding carboxylic acids is 2. The fourth-order valence-corrected chi connectivity index (χ4v) is 2.90. The van der Waals surface area contributed by atoms with E-state index in [-0.39, 0.29) is 18.0 Å². The monoisotopic (exact) mass is 320 g/mol. The summed E-state index contributed by atoms with van der Waals surface area (Å²) in [4.78, 5) is 28.6. The largest absolute Gasteiger partial charge is 0.351 e. The molecule has 0 atom stereocenters. The highest BCUT2D eigenvalue weighted by Crippen LogP contribution is 2.17. The van der Waals surface area contributed by atoms with Crippen molar-refractivity contribution in [1.82, 2.24) is 19.7 Å². The van der Waals surface area contributed by atoms with Crippen LogP contribution in [0.3, 0.4) is 0 Å². The van der Waals surface area contributed by atoms with Crippen molar-refractivity contribution in [3.8, 4) is 0 Å². The molecule has 0 aliphatic carbocycles. The zero-order valence-corrected chi connectivity index (χ0v) is 14.8. The molecule has 1 N–H and O–H groups in total. The highest BCUT2D eigenvalue weighted by molar-refractivity contribution is 5.95. The lowest BCUT2D eigenvalue weighted by Crippen LogP contribution is -2.44. The molecule has 1 saturated heterocycles. The van der Waals surface area contributed by atoms with Crippen LogP contribution >= 0.6 is 0 Å². The minimum atomic E-state index is -0.0407. The number of urea groups is 1. The molecule has 0 unspecified atom stereocenters. The van der Waals surface area contributed by atoms with E-state index in [1.165, 1.54) is 0 Å². The average Bonchev–Trinajstić information content (AvgIpc) is 2.71. The molecule has 2 heterocycles. The summed E-state index contributed by atoms with van der Waals surface area (Å²) in [7, 11) is 1.97. The molecule has 6 nitrogen and oxygen atoms in total. The van der Waals surface area contributed by atoms with Gasteiger partial charge in [-0.05, 0) is 40.2 Å². The Kier molecular flexibility index (Phi) is 5.34. The summed E-state index contributed by atoms with van der Waals surface area (Å²) in [6.07, 6.45) is 0.808. The third-order valence-corrected chi connectivity index (χ3v) is 4.49. The van der Waals surface area contributed by atoms with Crippen molar-refractivity contribution in [2.24, 2.45) is 7.05 Å². The minimum absolute atomic E-state index is 0.0407. The SMILES string of the molecule is Cc1cc(C(=O)N2CCCN(C(=O)NC(C)C)CC2)c(C)n1C. The van der Waals surface area contributed by atoms with Gasteiger partial charge < -0.3 is 19.7 Å². The van der Waals surface area contributed by atoms with Gasteiger partial charge in [-0.2, -0.15) is 0 Å². The Hall–Kier alpha value is -1.98. The van der Waals surface area contributed by atoms with Crippen molar-refractivity contribution in [1.29, 1.82) is 0 Å². The molecule has 1 fully saturated rings. The molecule has 23 heavy (non-hydrogen) atoms. The molecule has 128 valence electrons. The first kappa shape index (κ1) is 17.4. The lowest BCUT2D eigenvalue weighted by Gasteiger charge is -2.23. The van der Waals surface area contributed by atoms with Crippen LogP contribution in [0.5, 0.6) is 0 Å². The average molecular weight is 320 g/mol. The van der Waals surface area contributed by atoms with E-state index in [2.05, 4.69) is 5.32 Å². The molecule has 1 aliphatic heterocycles. The van der Waals surface area contributed by atoms with E-state index in [1.54, 1.807) is 4.90 Å². The normalized spacial score (nSPS) is 15.7. The summed E-state index contributed by atoms with van der Waals surface area (Å²) in [6.45, 7) is 10.4. The van der Waals surface area contributed by atoms with Crippen molar-refractivity contribution in [2.45, 2.75) is 40.2 Å². The van der Waals surface area contributed by atoms with Gasteiger partial charge in [0, 0.05) is 50.7 Å². The fourth-order valence-electron chi connectivity index (χ4n) is 2.90. The molecule has 0 spiro atoms. The molecule has 0 aromatic carbocycles. The van der Waals surface area contributed by atoms with E-state index < -0.39 is 0 Å². The Morgan fingerprint density at radius 2 is 1.70 bits per heavy atom. The van der Waals surface area contributed by atoms with Crippen molar-refractivity contribution in [3.63, 3.8) is 0 Å². The van der Waals surface area contributed by atoms with Crippen LogP contribution in [0.15, 0.2) is 6.07 Å². The van der Waals surface area contributed by atoms with Gasteiger partial charge in [-0.25, -0.2) is 4.79 Å². The third-order valence-electron chi connectivity index (χ3n) is 4.49. The molecule has 0 bridgehead atoms. The number of aryl methyl sites for hydroxylation is 1. The highest BCUT2D eigenvalue weighted by atomic mass is 16.2. The highest BCUT2D eigenvalue weighted by Gasteiger charge is 2.25. The summed E-state index contributed by atoms with van der Waals surface area (Å²) in [5.74, 6) is 0.0670. The van der Waals surface area contributed by atoms with Crippen LogP contribution < -0.4 is 5.32 Å². The van der Waals surface area contributed by atoms with Gasteiger partial charge in [0.2, 0.25) is 0 Å². The minimum Gasteiger partial charge on any atom is -0.351 e. The van der Waals surface area contributed by atoms with E-state index in [9.17, 15) is 9.59 Å². The maximum atomic E-state index is 12.8. The lowest BCUT2D eigenvalue weighted by atomic mass is 10.2. The summed E-state index contributed by atoms with van der Waals surface area (Å²) < 4.78 is 2.04. The molecule has 1 aliphatic rings. The first-order valence-corrected chi connectivity index (χ1v) is 8.29. The van der Waals surface area contributed by atoms with E-state index in [0.717, 1.165) is 23.4 Å². The molecule has 2 rings (SSSR count). The summed E-state index contributed by atoms with van der Waals surface area (Å²) >= 11 is 0. The number of amides is 3. The Bertz CT molecular complexity index is 592. The molecular formula is C17H28N4O2. The van der Waals surface area contributed by atoms with E-state index in [4.69, 9.17) is 0 Å². The van der Waals surface area contributed by atoms with Crippen molar-refractivity contribution in [2.75, 3.05) is 26.2 Å². The quantitative estimate of drug-likeness (QED) is 0.905. The van der Waals surface area contributed by atoms with Crippen molar-refractivity contribution < 1.29 is 9.59 Å². The van der Waals surface area contributed by atoms with E-state index in [1.807, 2.05) is 50.3 Å². The molecule has 0 radical (unpaired) electrons. The van der Waals surface area contributed by atoms with Gasteiger partial charge in [-0.3, -0.25) is 4.79 Å². The second-order valence-electron chi connectivity index (χ2n) is 6.58. The maximum absolute atomic E-state index is 12.8. The van der Waals surface area contributed by atoms with Crippen LogP contribution in [0.2, 0.25) is 0 Å². The third kappa shape index (κ3) is 3.86. The molecule has 1 aromatic heterocycles. The summed E-state index contributed by atoms with van der Waals surface area (Å²) in [5.41, 5.74) is 2.84. The summed E-state index contributed by atoms with van der Waals surface area (Å²) in [6, 6.07) is 2.03.